The van der Waals surface area contributed by atoms with Gasteiger partial charge in [-0.2, -0.15) is 0 Å². The van der Waals surface area contributed by atoms with Crippen molar-refractivity contribution in [3.05, 3.63) is 83.4 Å². The molecule has 0 aliphatic rings. The molecule has 1 N–H and O–H groups in total. The van der Waals surface area contributed by atoms with Crippen molar-refractivity contribution in [1.29, 1.82) is 0 Å². The molecule has 0 unspecified atom stereocenters. The topological polar surface area (TPSA) is 37.3 Å². The molecule has 2 nitrogen and oxygen atoms in total. The molecule has 146 valence electrons. The van der Waals surface area contributed by atoms with Crippen molar-refractivity contribution in [1.82, 2.24) is 0 Å². The minimum Gasteiger partial charge on any atom is -0.481 e. The lowest BCUT2D eigenvalue weighted by atomic mass is 9.84. The normalized spacial score (nSPS) is 12.8. The third kappa shape index (κ3) is 4.44. The highest BCUT2D eigenvalue weighted by atomic mass is 16.4. The van der Waals surface area contributed by atoms with Crippen LogP contribution in [-0.4, -0.2) is 11.1 Å². The Morgan fingerprint density at radius 3 is 2.32 bits per heavy atom. The van der Waals surface area contributed by atoms with Crippen LogP contribution in [0.4, 0.5) is 0 Å². The van der Waals surface area contributed by atoms with Crippen LogP contribution < -0.4 is 0 Å². The number of aliphatic carboxylic acids is 1. The monoisotopic (exact) mass is 374 g/mol. The molecule has 2 heteroatoms. The zero-order valence-electron chi connectivity index (χ0n) is 17.1. The molecule has 0 aliphatic heterocycles. The van der Waals surface area contributed by atoms with Gasteiger partial charge in [-0.05, 0) is 66.5 Å². The lowest BCUT2D eigenvalue weighted by Crippen LogP contribution is -2.28. The summed E-state index contributed by atoms with van der Waals surface area (Å²) in [7, 11) is 0. The summed E-state index contributed by atoms with van der Waals surface area (Å²) in [5.74, 6) is -0.243. The summed E-state index contributed by atoms with van der Waals surface area (Å²) in [6, 6.07) is 23.3. The van der Waals surface area contributed by atoms with E-state index in [0.717, 1.165) is 18.4 Å². The summed E-state index contributed by atoms with van der Waals surface area (Å²) in [5.41, 5.74) is 2.74. The fourth-order valence-electron chi connectivity index (χ4n) is 3.83. The van der Waals surface area contributed by atoms with Crippen LogP contribution in [0.1, 0.15) is 62.6 Å². The minimum atomic E-state index is -0.841. The van der Waals surface area contributed by atoms with Gasteiger partial charge < -0.3 is 5.11 Å². The van der Waals surface area contributed by atoms with Crippen molar-refractivity contribution >= 4 is 16.7 Å². The van der Waals surface area contributed by atoms with Crippen LogP contribution in [0.5, 0.6) is 0 Å². The Bertz CT molecular complexity index is 933. The first kappa shape index (κ1) is 20.1. The molecule has 0 amide bonds. The number of hydrogen-bond donors (Lipinski definition) is 1. The smallest absolute Gasteiger partial charge is 0.313 e. The maximum atomic E-state index is 11.4. The van der Waals surface area contributed by atoms with Crippen LogP contribution in [0.25, 0.3) is 10.8 Å². The van der Waals surface area contributed by atoms with E-state index in [0.29, 0.717) is 5.92 Å². The molecule has 0 aliphatic carbocycles. The van der Waals surface area contributed by atoms with Crippen LogP contribution in [0.15, 0.2) is 66.7 Å². The standard InChI is InChI=1S/C26H30O2/c1-19(23-14-8-12-21-11-6-7-13-24(21)23)9-4-5-10-20-15-17-22(18-16-20)26(2,3)25(27)28/h6-8,11-19H,4-5,9-10H2,1-3H3,(H,27,28)/t19-/m0/s1. The van der Waals surface area contributed by atoms with Crippen LogP contribution in [0, 0.1) is 0 Å². The molecule has 0 spiro atoms. The summed E-state index contributed by atoms with van der Waals surface area (Å²) < 4.78 is 0. The van der Waals surface area contributed by atoms with Gasteiger partial charge in [0.2, 0.25) is 0 Å². The van der Waals surface area contributed by atoms with Gasteiger partial charge in [0.25, 0.3) is 0 Å². The molecule has 3 rings (SSSR count). The third-order valence-electron chi connectivity index (χ3n) is 5.92. The molecule has 0 bridgehead atoms. The highest BCUT2D eigenvalue weighted by Gasteiger charge is 2.29. The number of unbranched alkanes of at least 4 members (excludes halogenated alkanes) is 1. The number of aryl methyl sites for hydroxylation is 1. The van der Waals surface area contributed by atoms with Crippen molar-refractivity contribution < 1.29 is 9.90 Å². The van der Waals surface area contributed by atoms with Crippen LogP contribution in [0.3, 0.4) is 0 Å². The zero-order chi connectivity index (χ0) is 20.1. The number of fused-ring (bicyclic) bond motifs is 1. The van der Waals surface area contributed by atoms with E-state index in [1.807, 2.05) is 12.1 Å². The molecular formula is C26H30O2. The van der Waals surface area contributed by atoms with E-state index in [-0.39, 0.29) is 0 Å². The Hall–Kier alpha value is -2.61. The van der Waals surface area contributed by atoms with E-state index in [9.17, 15) is 9.90 Å². The van der Waals surface area contributed by atoms with Gasteiger partial charge in [-0.25, -0.2) is 0 Å². The summed E-state index contributed by atoms with van der Waals surface area (Å²) in [6.07, 6.45) is 4.55. The average molecular weight is 375 g/mol. The highest BCUT2D eigenvalue weighted by Crippen LogP contribution is 2.29. The largest absolute Gasteiger partial charge is 0.481 e. The van der Waals surface area contributed by atoms with Gasteiger partial charge in [0, 0.05) is 0 Å². The van der Waals surface area contributed by atoms with Crippen LogP contribution in [-0.2, 0) is 16.6 Å². The van der Waals surface area contributed by atoms with E-state index in [2.05, 4.69) is 61.5 Å². The van der Waals surface area contributed by atoms with Crippen molar-refractivity contribution in [2.45, 2.75) is 57.8 Å². The van der Waals surface area contributed by atoms with Crippen LogP contribution in [0.2, 0.25) is 0 Å². The summed E-state index contributed by atoms with van der Waals surface area (Å²) in [5, 5.41) is 12.0. The van der Waals surface area contributed by atoms with Gasteiger partial charge >= 0.3 is 5.97 Å². The summed E-state index contributed by atoms with van der Waals surface area (Å²) in [4.78, 5) is 11.4. The van der Waals surface area contributed by atoms with Crippen molar-refractivity contribution in [3.8, 4) is 0 Å². The molecule has 0 saturated carbocycles. The predicted octanol–water partition coefficient (Wildman–Crippen LogP) is 6.72. The van der Waals surface area contributed by atoms with Gasteiger partial charge in [-0.15, -0.1) is 0 Å². The third-order valence-corrected chi connectivity index (χ3v) is 5.92. The number of carboxylic acids is 1. The van der Waals surface area contributed by atoms with Gasteiger partial charge in [0.15, 0.2) is 0 Å². The number of benzene rings is 3. The van der Waals surface area contributed by atoms with Gasteiger partial charge in [-0.3, -0.25) is 4.79 Å². The molecule has 0 radical (unpaired) electrons. The predicted molar refractivity (Wildman–Crippen MR) is 117 cm³/mol. The van der Waals surface area contributed by atoms with Crippen LogP contribution >= 0.6 is 0 Å². The molecule has 0 heterocycles. The Morgan fingerprint density at radius 1 is 0.929 bits per heavy atom. The first-order valence-electron chi connectivity index (χ1n) is 10.2. The fraction of sp³-hybridized carbons (Fsp3) is 0.346. The van der Waals surface area contributed by atoms with Gasteiger partial charge in [0.1, 0.15) is 0 Å². The molecule has 3 aromatic rings. The molecule has 0 fully saturated rings. The van der Waals surface area contributed by atoms with Gasteiger partial charge in [-0.1, -0.05) is 80.1 Å². The Morgan fingerprint density at radius 2 is 1.61 bits per heavy atom. The summed E-state index contributed by atoms with van der Waals surface area (Å²) in [6.45, 7) is 5.82. The molecule has 28 heavy (non-hydrogen) atoms. The van der Waals surface area contributed by atoms with Gasteiger partial charge in [0.05, 0.1) is 5.41 Å². The average Bonchev–Trinajstić information content (AvgIpc) is 2.71. The fourth-order valence-corrected chi connectivity index (χ4v) is 3.83. The van der Waals surface area contributed by atoms with Crippen molar-refractivity contribution in [2.24, 2.45) is 0 Å². The number of hydrogen-bond acceptors (Lipinski definition) is 1. The van der Waals surface area contributed by atoms with E-state index in [1.54, 1.807) is 13.8 Å². The second-order valence-electron chi connectivity index (χ2n) is 8.34. The van der Waals surface area contributed by atoms with E-state index >= 15 is 0 Å². The number of rotatable bonds is 8. The maximum absolute atomic E-state index is 11.4. The molecular weight excluding hydrogens is 344 g/mol. The lowest BCUT2D eigenvalue weighted by Gasteiger charge is -2.20. The number of carbonyl (C=O) groups is 1. The highest BCUT2D eigenvalue weighted by molar-refractivity contribution is 5.86. The van der Waals surface area contributed by atoms with E-state index in [4.69, 9.17) is 0 Å². The summed E-state index contributed by atoms with van der Waals surface area (Å²) >= 11 is 0. The maximum Gasteiger partial charge on any atom is 0.313 e. The molecule has 1 atom stereocenters. The number of carboxylic acid groups (broad SMARTS) is 1. The first-order chi connectivity index (χ1) is 13.4. The SMILES string of the molecule is C[C@@H](CCCCc1ccc(C(C)(C)C(=O)O)cc1)c1cccc2ccccc12. The molecule has 0 aromatic heterocycles. The first-order valence-corrected chi connectivity index (χ1v) is 10.2. The van der Waals surface area contributed by atoms with E-state index in [1.165, 1.54) is 34.7 Å². The Balaban J connectivity index is 1.54. The Labute approximate surface area is 168 Å². The zero-order valence-corrected chi connectivity index (χ0v) is 17.1. The Kier molecular flexibility index (Phi) is 6.18. The molecule has 0 saturated heterocycles. The minimum absolute atomic E-state index is 0.546. The quantitative estimate of drug-likeness (QED) is 0.444. The van der Waals surface area contributed by atoms with Crippen molar-refractivity contribution in [2.75, 3.05) is 0 Å². The second-order valence-corrected chi connectivity index (χ2v) is 8.34. The molecule has 3 aromatic carbocycles. The second kappa shape index (κ2) is 8.60. The van der Waals surface area contributed by atoms with E-state index < -0.39 is 11.4 Å². The van der Waals surface area contributed by atoms with Crippen molar-refractivity contribution in [3.63, 3.8) is 0 Å². The lowest BCUT2D eigenvalue weighted by molar-refractivity contribution is -0.142.